The zero-order chi connectivity index (χ0) is 62.6. The van der Waals surface area contributed by atoms with Crippen molar-refractivity contribution in [1.82, 2.24) is 0 Å². The van der Waals surface area contributed by atoms with Crippen LogP contribution in [0.1, 0.15) is 0 Å². The lowest BCUT2D eigenvalue weighted by Gasteiger charge is -2.33. The van der Waals surface area contributed by atoms with Crippen LogP contribution in [0.15, 0.2) is 232 Å². The second-order valence-electron chi connectivity index (χ2n) is 19.3. The Labute approximate surface area is 506 Å². The first-order valence-corrected chi connectivity index (χ1v) is 31.0. The van der Waals surface area contributed by atoms with E-state index in [-0.39, 0.29) is 68.6 Å². The number of hydrogen-bond acceptors (Lipinski definition) is 21. The van der Waals surface area contributed by atoms with Gasteiger partial charge in [-0.25, -0.2) is 29.4 Å². The van der Waals surface area contributed by atoms with Crippen LogP contribution >= 0.6 is 23.0 Å². The van der Waals surface area contributed by atoms with Crippen molar-refractivity contribution >= 4 is 128 Å². The number of benzene rings is 6. The first-order chi connectivity index (χ1) is 43.3. The second-order valence-corrected chi connectivity index (χ2v) is 25.5. The molecule has 7 aliphatic heterocycles. The summed E-state index contributed by atoms with van der Waals surface area (Å²) in [4.78, 5) is 160. The minimum Gasteiger partial charge on any atom is -0.413 e. The van der Waals surface area contributed by atoms with E-state index in [0.29, 0.717) is 0 Å². The Morgan fingerprint density at radius 2 is 0.300 bits per heavy atom. The number of carbonyl (C=O) groups excluding carboxylic acids is 12. The first kappa shape index (κ1) is 57.2. The average Bonchev–Trinajstić information content (AvgIpc) is 0.954. The van der Waals surface area contributed by atoms with Crippen molar-refractivity contribution in [1.29, 1.82) is 0 Å². The van der Waals surface area contributed by atoms with Crippen molar-refractivity contribution in [3.05, 3.63) is 219 Å². The summed E-state index contributed by atoms with van der Waals surface area (Å²) in [5.74, 6) is -8.35. The Morgan fingerprint density at radius 3 is 0.411 bits per heavy atom. The standard InChI is InChI=1S/C60H36N9O18P3/c70-49-25-26-50(71)64(49)37-1-13-43(14-2-37)82-88(83-44-15-3-38(4-16-44)65-51(72)27-28-52(65)73)61-89(84-45-17-5-39(6-18-45)66-53(74)29-30-54(66)75,85-46-19-7-40(8-20-46)67-55(76)31-32-56(67)77)63-90(62-88,86-47-21-9-41(10-22-47)68-57(78)33-34-58(68)79)87-48-23-11-42(12-24-48)69-59(80)35-36-60(69)81/h1-36H. The van der Waals surface area contributed by atoms with E-state index in [1.807, 2.05) is 0 Å². The van der Waals surface area contributed by atoms with Gasteiger partial charge >= 0.3 is 23.0 Å². The van der Waals surface area contributed by atoms with Crippen molar-refractivity contribution in [3.8, 4) is 34.5 Å². The molecule has 12 amide bonds. The molecule has 444 valence electrons. The van der Waals surface area contributed by atoms with Crippen LogP contribution in [0.3, 0.4) is 0 Å². The highest BCUT2D eigenvalue weighted by molar-refractivity contribution is 7.79. The highest BCUT2D eigenvalue weighted by atomic mass is 31.3. The normalized spacial score (nSPS) is 18.4. The van der Waals surface area contributed by atoms with Gasteiger partial charge in [0.05, 0.1) is 34.1 Å². The van der Waals surface area contributed by atoms with E-state index in [1.165, 1.54) is 146 Å². The van der Waals surface area contributed by atoms with Gasteiger partial charge in [0.1, 0.15) is 34.5 Å². The average molecular weight is 1260 g/mol. The van der Waals surface area contributed by atoms with Crippen LogP contribution in [-0.2, 0) is 57.5 Å². The minimum atomic E-state index is -4.91. The summed E-state index contributed by atoms with van der Waals surface area (Å²) in [5.41, 5.74) is 0.681. The van der Waals surface area contributed by atoms with Gasteiger partial charge in [-0.05, 0) is 146 Å². The Morgan fingerprint density at radius 1 is 0.189 bits per heavy atom. The maximum atomic E-state index is 12.9. The summed E-state index contributed by atoms with van der Waals surface area (Å²) in [5, 5.41) is 0. The van der Waals surface area contributed by atoms with Crippen molar-refractivity contribution in [2.75, 3.05) is 29.4 Å². The Hall–Kier alpha value is -11.9. The molecule has 0 radical (unpaired) electrons. The summed E-state index contributed by atoms with van der Waals surface area (Å²) in [6, 6.07) is 32.7. The van der Waals surface area contributed by atoms with Gasteiger partial charge in [-0.15, -0.1) is 0 Å². The summed E-state index contributed by atoms with van der Waals surface area (Å²) in [6.45, 7) is 0. The molecule has 0 unspecified atom stereocenters. The Balaban J connectivity index is 1.05. The molecule has 0 N–H and O–H groups in total. The van der Waals surface area contributed by atoms with Gasteiger partial charge in [0.15, 0.2) is 0 Å². The van der Waals surface area contributed by atoms with E-state index in [0.717, 1.165) is 102 Å². The van der Waals surface area contributed by atoms with E-state index in [9.17, 15) is 57.5 Å². The fraction of sp³-hybridized carbons (Fsp3) is 0. The molecule has 90 heavy (non-hydrogen) atoms. The van der Waals surface area contributed by atoms with Gasteiger partial charge in [0, 0.05) is 72.9 Å². The van der Waals surface area contributed by atoms with E-state index in [4.69, 9.17) is 40.7 Å². The fourth-order valence-corrected chi connectivity index (χ4v) is 18.5. The minimum absolute atomic E-state index is 0.113. The highest BCUT2D eigenvalue weighted by Crippen LogP contribution is 2.79. The molecular formula is C60H36N9O18P3. The lowest BCUT2D eigenvalue weighted by molar-refractivity contribution is -0.121. The Kier molecular flexibility index (Phi) is 14.2. The lowest BCUT2D eigenvalue weighted by atomic mass is 10.3. The summed E-state index contributed by atoms with van der Waals surface area (Å²) in [6.07, 6.45) is 13.1. The molecule has 7 aliphatic rings. The molecule has 0 bridgehead atoms. The van der Waals surface area contributed by atoms with Gasteiger partial charge in [-0.1, -0.05) is 13.5 Å². The molecule has 0 fully saturated rings. The van der Waals surface area contributed by atoms with E-state index >= 15 is 0 Å². The van der Waals surface area contributed by atoms with Crippen molar-refractivity contribution in [2.45, 2.75) is 0 Å². The molecular weight excluding hydrogens is 1230 g/mol. The molecule has 0 atom stereocenters. The summed E-state index contributed by atoms with van der Waals surface area (Å²) in [7, 11) is -14.7. The predicted octanol–water partition coefficient (Wildman–Crippen LogP) is 8.89. The van der Waals surface area contributed by atoms with Crippen molar-refractivity contribution in [2.24, 2.45) is 13.5 Å². The molecule has 27 nitrogen and oxygen atoms in total. The van der Waals surface area contributed by atoms with Crippen LogP contribution in [0.25, 0.3) is 0 Å². The number of imide groups is 6. The second kappa shape index (κ2) is 22.4. The third-order valence-electron chi connectivity index (χ3n) is 13.4. The topological polar surface area (TPSA) is 317 Å². The summed E-state index contributed by atoms with van der Waals surface area (Å²) < 4.78 is 57.0. The van der Waals surface area contributed by atoms with Gasteiger partial charge in [0.2, 0.25) is 0 Å². The molecule has 6 aromatic carbocycles. The van der Waals surface area contributed by atoms with Crippen molar-refractivity contribution in [3.63, 3.8) is 0 Å². The van der Waals surface area contributed by atoms with Crippen molar-refractivity contribution < 1.29 is 84.7 Å². The molecule has 0 spiro atoms. The Bertz CT molecular complexity index is 3760. The van der Waals surface area contributed by atoms with Crippen LogP contribution in [0.2, 0.25) is 0 Å². The summed E-state index contributed by atoms with van der Waals surface area (Å²) >= 11 is 0. The number of nitrogens with zero attached hydrogens (tertiary/aromatic N) is 9. The van der Waals surface area contributed by atoms with Gasteiger partial charge in [-0.2, -0.15) is 0 Å². The molecule has 0 aliphatic carbocycles. The molecule has 0 aromatic heterocycles. The highest BCUT2D eigenvalue weighted by Gasteiger charge is 2.49. The third-order valence-corrected chi connectivity index (χ3v) is 21.6. The van der Waals surface area contributed by atoms with E-state index < -0.39 is 93.9 Å². The largest absolute Gasteiger partial charge is 0.460 e. The first-order valence-electron chi connectivity index (χ1n) is 26.4. The maximum absolute atomic E-state index is 12.9. The number of hydrogen-bond donors (Lipinski definition) is 0. The van der Waals surface area contributed by atoms with E-state index in [1.54, 1.807) is 0 Å². The molecule has 13 rings (SSSR count). The monoisotopic (exact) mass is 1260 g/mol. The molecule has 6 aromatic rings. The molecule has 0 saturated heterocycles. The zero-order valence-electron chi connectivity index (χ0n) is 45.5. The van der Waals surface area contributed by atoms with Crippen LogP contribution in [0, 0.1) is 0 Å². The fourth-order valence-electron chi connectivity index (χ4n) is 9.45. The SMILES string of the molecule is O=C1C=CC(=O)N1c1ccc(OP2(Oc3ccc(N4C(=O)C=CC4=O)cc3)=NP(Oc3ccc(N4C(=O)C=CC4=O)cc3)(Oc3ccc(N4C(=O)C=CC4=O)cc3)=NP(Oc3ccc(N4C(=O)C=CC4=O)cc3)(Oc3ccc(N4C(=O)C=CC4=O)cc3)=N2)cc1. The van der Waals surface area contributed by atoms with Gasteiger partial charge < -0.3 is 27.1 Å². The number of carbonyl (C=O) groups is 12. The van der Waals surface area contributed by atoms with Crippen LogP contribution < -0.4 is 56.5 Å². The zero-order valence-corrected chi connectivity index (χ0v) is 48.2. The van der Waals surface area contributed by atoms with Crippen LogP contribution in [0.4, 0.5) is 34.1 Å². The number of rotatable bonds is 18. The number of amides is 12. The van der Waals surface area contributed by atoms with Gasteiger partial charge in [-0.3, -0.25) is 57.5 Å². The quantitative estimate of drug-likeness (QED) is 0.0572. The predicted molar refractivity (Wildman–Crippen MR) is 320 cm³/mol. The third kappa shape index (κ3) is 10.9. The van der Waals surface area contributed by atoms with Gasteiger partial charge in [0.25, 0.3) is 70.9 Å². The van der Waals surface area contributed by atoms with Crippen LogP contribution in [0.5, 0.6) is 34.5 Å². The molecule has 0 saturated carbocycles. The van der Waals surface area contributed by atoms with E-state index in [2.05, 4.69) is 0 Å². The molecule has 30 heteroatoms. The maximum Gasteiger partial charge on any atom is 0.460 e. The smallest absolute Gasteiger partial charge is 0.413 e. The lowest BCUT2D eigenvalue weighted by Crippen LogP contribution is -2.29. The van der Waals surface area contributed by atoms with Crippen LogP contribution in [-0.4, -0.2) is 70.9 Å². The number of anilines is 6. The molecule has 7 heterocycles.